The molecule has 0 aliphatic carbocycles. The third-order valence-electron chi connectivity index (χ3n) is 5.25. The molecule has 4 aromatic rings. The molecule has 37 heavy (non-hydrogen) atoms. The predicted octanol–water partition coefficient (Wildman–Crippen LogP) is 5.83. The lowest BCUT2D eigenvalue weighted by Crippen LogP contribution is -2.27. The molecule has 8 nitrogen and oxygen atoms in total. The number of benzene rings is 3. The Hall–Kier alpha value is -3.53. The third kappa shape index (κ3) is 6.82. The first-order valence-corrected chi connectivity index (χ1v) is 12.9. The van der Waals surface area contributed by atoms with Crippen LogP contribution in [0, 0.1) is 0 Å². The number of nitrogens with one attached hydrogen (secondary N) is 2. The van der Waals surface area contributed by atoms with Crippen molar-refractivity contribution in [1.82, 2.24) is 20.2 Å². The van der Waals surface area contributed by atoms with Gasteiger partial charge in [0.05, 0.1) is 35.8 Å². The maximum Gasteiger partial charge on any atom is 0.253 e. The van der Waals surface area contributed by atoms with Crippen LogP contribution in [0.5, 0.6) is 5.75 Å². The summed E-state index contributed by atoms with van der Waals surface area (Å²) in [6.07, 6.45) is 1.47. The molecule has 1 unspecified atom stereocenters. The normalized spacial score (nSPS) is 11.9. The van der Waals surface area contributed by atoms with E-state index in [0.717, 1.165) is 17.1 Å². The SMILES string of the molecule is COc1ccccc1NCc1nnc(SC(C)C(=O)NN=Cc2ccc(Cl)cc2Cl)n1-c1ccccc1. The zero-order valence-electron chi connectivity index (χ0n) is 20.1. The number of hydrogen-bond donors (Lipinski definition) is 2. The molecule has 0 saturated heterocycles. The van der Waals surface area contributed by atoms with Gasteiger partial charge in [-0.1, -0.05) is 71.4 Å². The summed E-state index contributed by atoms with van der Waals surface area (Å²) in [5.74, 6) is 1.12. The Labute approximate surface area is 229 Å². The summed E-state index contributed by atoms with van der Waals surface area (Å²) in [6.45, 7) is 2.18. The van der Waals surface area contributed by atoms with Gasteiger partial charge >= 0.3 is 0 Å². The molecule has 1 atom stereocenters. The zero-order valence-corrected chi connectivity index (χ0v) is 22.4. The Balaban J connectivity index is 1.48. The lowest BCUT2D eigenvalue weighted by Gasteiger charge is -2.14. The number of aromatic nitrogens is 3. The van der Waals surface area contributed by atoms with Crippen LogP contribution < -0.4 is 15.5 Å². The van der Waals surface area contributed by atoms with E-state index in [0.29, 0.717) is 33.1 Å². The number of carbonyl (C=O) groups excluding carboxylic acids is 1. The predicted molar refractivity (Wildman–Crippen MR) is 149 cm³/mol. The molecule has 190 valence electrons. The Morgan fingerprint density at radius 2 is 1.86 bits per heavy atom. The summed E-state index contributed by atoms with van der Waals surface area (Å²) in [5.41, 5.74) is 4.92. The standard InChI is InChI=1S/C26H24Cl2N6O2S/c1-17(25(35)32-30-15-18-12-13-19(27)14-21(18)28)37-26-33-31-24(34(26)20-8-4-3-5-9-20)16-29-22-10-6-7-11-23(22)36-2/h3-15,17,29H,16H2,1-2H3,(H,32,35). The molecule has 11 heteroatoms. The van der Waals surface area contributed by atoms with Gasteiger partial charge in [-0.25, -0.2) is 5.43 Å². The number of hydrogen-bond acceptors (Lipinski definition) is 7. The molecule has 0 spiro atoms. The fourth-order valence-electron chi connectivity index (χ4n) is 3.37. The number of ether oxygens (including phenoxy) is 1. The second kappa shape index (κ2) is 12.6. The summed E-state index contributed by atoms with van der Waals surface area (Å²) < 4.78 is 7.35. The van der Waals surface area contributed by atoms with Gasteiger partial charge in [0.1, 0.15) is 5.75 Å². The van der Waals surface area contributed by atoms with Crippen LogP contribution in [0.15, 0.2) is 83.1 Å². The smallest absolute Gasteiger partial charge is 0.253 e. The van der Waals surface area contributed by atoms with E-state index < -0.39 is 5.25 Å². The first-order chi connectivity index (χ1) is 18.0. The molecule has 1 amide bonds. The summed E-state index contributed by atoms with van der Waals surface area (Å²) in [5, 5.41) is 17.2. The van der Waals surface area contributed by atoms with Crippen molar-refractivity contribution in [2.24, 2.45) is 5.10 Å². The summed E-state index contributed by atoms with van der Waals surface area (Å²) in [4.78, 5) is 12.7. The van der Waals surface area contributed by atoms with Crippen molar-refractivity contribution in [3.8, 4) is 11.4 Å². The van der Waals surface area contributed by atoms with Crippen molar-refractivity contribution in [2.45, 2.75) is 23.9 Å². The monoisotopic (exact) mass is 554 g/mol. The fraction of sp³-hybridized carbons (Fsp3) is 0.154. The van der Waals surface area contributed by atoms with Crippen LogP contribution in [-0.2, 0) is 11.3 Å². The van der Waals surface area contributed by atoms with Gasteiger partial charge < -0.3 is 10.1 Å². The largest absolute Gasteiger partial charge is 0.495 e. The molecule has 0 bridgehead atoms. The number of halogens is 2. The summed E-state index contributed by atoms with van der Waals surface area (Å²) in [6, 6.07) is 22.4. The van der Waals surface area contributed by atoms with Crippen LogP contribution in [0.1, 0.15) is 18.3 Å². The van der Waals surface area contributed by atoms with E-state index in [1.165, 1.54) is 18.0 Å². The maximum atomic E-state index is 12.7. The van der Waals surface area contributed by atoms with Crippen LogP contribution in [0.25, 0.3) is 5.69 Å². The second-order valence-corrected chi connectivity index (χ2v) is 9.94. The molecule has 1 heterocycles. The van der Waals surface area contributed by atoms with Crippen molar-refractivity contribution < 1.29 is 9.53 Å². The number of nitrogens with zero attached hydrogens (tertiary/aromatic N) is 4. The van der Waals surface area contributed by atoms with Gasteiger partial charge in [-0.3, -0.25) is 9.36 Å². The van der Waals surface area contributed by atoms with E-state index in [9.17, 15) is 4.79 Å². The minimum atomic E-state index is -0.500. The van der Waals surface area contributed by atoms with Gasteiger partial charge in [0, 0.05) is 16.3 Å². The fourth-order valence-corrected chi connectivity index (χ4v) is 4.70. The number of carbonyl (C=O) groups is 1. The van der Waals surface area contributed by atoms with Gasteiger partial charge in [-0.15, -0.1) is 10.2 Å². The minimum absolute atomic E-state index is 0.289. The quantitative estimate of drug-likeness (QED) is 0.145. The molecule has 0 saturated carbocycles. The van der Waals surface area contributed by atoms with Gasteiger partial charge in [0.25, 0.3) is 5.91 Å². The number of methoxy groups -OCH3 is 1. The molecule has 0 aliphatic rings. The molecule has 4 rings (SSSR count). The van der Waals surface area contributed by atoms with E-state index in [1.807, 2.05) is 59.2 Å². The number of rotatable bonds is 10. The number of amides is 1. The average molecular weight is 555 g/mol. The first-order valence-electron chi connectivity index (χ1n) is 11.3. The molecule has 1 aromatic heterocycles. The lowest BCUT2D eigenvalue weighted by molar-refractivity contribution is -0.120. The van der Waals surface area contributed by atoms with E-state index in [4.69, 9.17) is 27.9 Å². The van der Waals surface area contributed by atoms with Gasteiger partial charge in [-0.2, -0.15) is 5.10 Å². The van der Waals surface area contributed by atoms with Gasteiger partial charge in [0.15, 0.2) is 11.0 Å². The molecule has 0 radical (unpaired) electrons. The van der Waals surface area contributed by atoms with E-state index in [1.54, 1.807) is 32.2 Å². The number of para-hydroxylation sites is 3. The molecular weight excluding hydrogens is 531 g/mol. The molecular formula is C26H24Cl2N6O2S. The topological polar surface area (TPSA) is 93.4 Å². The Morgan fingerprint density at radius 3 is 2.62 bits per heavy atom. The van der Waals surface area contributed by atoms with Crippen molar-refractivity contribution in [1.29, 1.82) is 0 Å². The zero-order chi connectivity index (χ0) is 26.2. The van der Waals surface area contributed by atoms with Crippen LogP contribution in [-0.4, -0.2) is 39.2 Å². The highest BCUT2D eigenvalue weighted by Gasteiger charge is 2.21. The maximum absolute atomic E-state index is 12.7. The van der Waals surface area contributed by atoms with Crippen molar-refractivity contribution in [3.63, 3.8) is 0 Å². The highest BCUT2D eigenvalue weighted by molar-refractivity contribution is 8.00. The van der Waals surface area contributed by atoms with Gasteiger partial charge in [-0.05, 0) is 43.3 Å². The Bertz CT molecular complexity index is 1400. The van der Waals surface area contributed by atoms with Crippen LogP contribution >= 0.6 is 35.0 Å². The van der Waals surface area contributed by atoms with Crippen molar-refractivity contribution in [2.75, 3.05) is 12.4 Å². The van der Waals surface area contributed by atoms with Crippen LogP contribution in [0.4, 0.5) is 5.69 Å². The van der Waals surface area contributed by atoms with Crippen molar-refractivity contribution in [3.05, 3.63) is 94.2 Å². The molecule has 0 fully saturated rings. The number of hydrazone groups is 1. The summed E-state index contributed by atoms with van der Waals surface area (Å²) in [7, 11) is 1.63. The lowest BCUT2D eigenvalue weighted by atomic mass is 10.2. The Kier molecular flexibility index (Phi) is 9.05. The number of thioether (sulfide) groups is 1. The van der Waals surface area contributed by atoms with E-state index >= 15 is 0 Å². The van der Waals surface area contributed by atoms with Crippen LogP contribution in [0.2, 0.25) is 10.0 Å². The number of anilines is 1. The molecule has 2 N–H and O–H groups in total. The molecule has 0 aliphatic heterocycles. The Morgan fingerprint density at radius 1 is 1.11 bits per heavy atom. The highest BCUT2D eigenvalue weighted by atomic mass is 35.5. The van der Waals surface area contributed by atoms with Crippen molar-refractivity contribution >= 4 is 52.8 Å². The molecule has 3 aromatic carbocycles. The minimum Gasteiger partial charge on any atom is -0.495 e. The van der Waals surface area contributed by atoms with E-state index in [2.05, 4.69) is 26.0 Å². The second-order valence-electron chi connectivity index (χ2n) is 7.78. The van der Waals surface area contributed by atoms with Crippen LogP contribution in [0.3, 0.4) is 0 Å². The van der Waals surface area contributed by atoms with Gasteiger partial charge in [0.2, 0.25) is 0 Å². The third-order valence-corrected chi connectivity index (χ3v) is 6.86. The first kappa shape index (κ1) is 26.5. The average Bonchev–Trinajstić information content (AvgIpc) is 3.31. The van der Waals surface area contributed by atoms with E-state index in [-0.39, 0.29) is 5.91 Å². The highest BCUT2D eigenvalue weighted by Crippen LogP contribution is 2.28. The summed E-state index contributed by atoms with van der Waals surface area (Å²) >= 11 is 13.4.